The number of amides is 2. The molecule has 0 aliphatic carbocycles. The largest absolute Gasteiger partial charge is 0.349 e. The molecule has 2 amide bonds. The Morgan fingerprint density at radius 3 is 2.26 bits per heavy atom. The van der Waals surface area contributed by atoms with Gasteiger partial charge in [0.15, 0.2) is 9.84 Å². The van der Waals surface area contributed by atoms with E-state index in [1.807, 2.05) is 43.0 Å². The van der Waals surface area contributed by atoms with Crippen molar-refractivity contribution < 1.29 is 18.0 Å². The lowest BCUT2D eigenvalue weighted by Crippen LogP contribution is -2.45. The topological polar surface area (TPSA) is 86.8 Å². The minimum atomic E-state index is -3.24. The highest BCUT2D eigenvalue weighted by Gasteiger charge is 2.47. The molecule has 0 radical (unpaired) electrons. The van der Waals surface area contributed by atoms with Crippen molar-refractivity contribution in [1.82, 2.24) is 15.1 Å². The first-order valence-corrected chi connectivity index (χ1v) is 15.6. The van der Waals surface area contributed by atoms with E-state index in [0.717, 1.165) is 63.0 Å². The zero-order valence-electron chi connectivity index (χ0n) is 22.5. The fourth-order valence-electron chi connectivity index (χ4n) is 5.49. The molecule has 206 valence electrons. The molecular weight excluding hydrogens is 522 g/mol. The van der Waals surface area contributed by atoms with Crippen molar-refractivity contribution in [3.05, 3.63) is 64.7 Å². The number of piperidine rings is 1. The van der Waals surface area contributed by atoms with Crippen molar-refractivity contribution >= 4 is 33.3 Å². The summed E-state index contributed by atoms with van der Waals surface area (Å²) in [5.41, 5.74) is 1.56. The zero-order chi connectivity index (χ0) is 27.5. The van der Waals surface area contributed by atoms with Gasteiger partial charge in [0, 0.05) is 36.8 Å². The number of carbonyl (C=O) groups excluding carboxylic acids is 2. The molecule has 1 spiro atoms. The Balaban J connectivity index is 1.33. The van der Waals surface area contributed by atoms with Crippen LogP contribution in [0.5, 0.6) is 0 Å². The standard InChI is InChI=1S/C29H38ClN3O4S/c1-21(2)27(34)31-26(24-6-4-5-7-25(24)30)12-16-32-17-13-29(14-18-32)15-19-33(28(29)35)20-22-8-10-23(11-9-22)38(3,36)37/h4-11,21,26H,12-20H2,1-3H3,(H,31,34). The van der Waals surface area contributed by atoms with Crippen LogP contribution in [0.1, 0.15) is 56.7 Å². The highest BCUT2D eigenvalue weighted by Crippen LogP contribution is 2.42. The first-order valence-electron chi connectivity index (χ1n) is 13.3. The maximum Gasteiger partial charge on any atom is 0.229 e. The number of likely N-dealkylation sites (tertiary alicyclic amines) is 2. The van der Waals surface area contributed by atoms with Crippen LogP contribution in [0.4, 0.5) is 0 Å². The molecule has 9 heteroatoms. The predicted molar refractivity (Wildman–Crippen MR) is 149 cm³/mol. The van der Waals surface area contributed by atoms with Gasteiger partial charge in [0.25, 0.3) is 0 Å². The highest BCUT2D eigenvalue weighted by molar-refractivity contribution is 7.90. The summed E-state index contributed by atoms with van der Waals surface area (Å²) < 4.78 is 23.4. The summed E-state index contributed by atoms with van der Waals surface area (Å²) in [6.07, 6.45) is 4.45. The van der Waals surface area contributed by atoms with Gasteiger partial charge in [-0.25, -0.2) is 8.42 Å². The van der Waals surface area contributed by atoms with Gasteiger partial charge < -0.3 is 15.1 Å². The Labute approximate surface area is 231 Å². The first kappa shape index (κ1) is 28.6. The molecule has 2 aliphatic rings. The molecule has 2 aromatic rings. The Hall–Kier alpha value is -2.42. The second-order valence-corrected chi connectivity index (χ2v) is 13.5. The second kappa shape index (κ2) is 11.8. The minimum absolute atomic E-state index is 0.00937. The number of benzene rings is 2. The Morgan fingerprint density at radius 1 is 1.03 bits per heavy atom. The van der Waals surface area contributed by atoms with Gasteiger partial charge in [0.2, 0.25) is 11.8 Å². The lowest BCUT2D eigenvalue weighted by atomic mass is 9.77. The number of nitrogens with one attached hydrogen (secondary N) is 1. The van der Waals surface area contributed by atoms with Gasteiger partial charge in [0.1, 0.15) is 0 Å². The van der Waals surface area contributed by atoms with Crippen LogP contribution in [0, 0.1) is 11.3 Å². The van der Waals surface area contributed by atoms with Crippen molar-refractivity contribution in [3.63, 3.8) is 0 Å². The van der Waals surface area contributed by atoms with Gasteiger partial charge in [-0.3, -0.25) is 9.59 Å². The van der Waals surface area contributed by atoms with Crippen molar-refractivity contribution in [2.75, 3.05) is 32.4 Å². The van der Waals surface area contributed by atoms with Gasteiger partial charge in [-0.05, 0) is 68.1 Å². The van der Waals surface area contributed by atoms with Crippen LogP contribution >= 0.6 is 11.6 Å². The fraction of sp³-hybridized carbons (Fsp3) is 0.517. The Kier molecular flexibility index (Phi) is 8.85. The van der Waals surface area contributed by atoms with Crippen LogP contribution in [0.2, 0.25) is 5.02 Å². The van der Waals surface area contributed by atoms with E-state index in [4.69, 9.17) is 11.6 Å². The summed E-state index contributed by atoms with van der Waals surface area (Å²) in [6, 6.07) is 14.3. The summed E-state index contributed by atoms with van der Waals surface area (Å²) >= 11 is 6.47. The van der Waals surface area contributed by atoms with E-state index in [9.17, 15) is 18.0 Å². The molecule has 1 atom stereocenters. The van der Waals surface area contributed by atoms with E-state index in [-0.39, 0.29) is 29.2 Å². The zero-order valence-corrected chi connectivity index (χ0v) is 24.0. The quantitative estimate of drug-likeness (QED) is 0.490. The van der Waals surface area contributed by atoms with Crippen LogP contribution in [-0.2, 0) is 26.0 Å². The van der Waals surface area contributed by atoms with Crippen LogP contribution in [0.25, 0.3) is 0 Å². The van der Waals surface area contributed by atoms with Crippen LogP contribution in [-0.4, -0.2) is 62.5 Å². The van der Waals surface area contributed by atoms with E-state index in [0.29, 0.717) is 16.5 Å². The normalized spacial score (nSPS) is 18.8. The van der Waals surface area contributed by atoms with E-state index in [2.05, 4.69) is 10.2 Å². The average molecular weight is 560 g/mol. The number of rotatable bonds is 9. The molecule has 4 rings (SSSR count). The number of carbonyl (C=O) groups is 2. The van der Waals surface area contributed by atoms with Gasteiger partial charge in [-0.15, -0.1) is 0 Å². The molecule has 2 aromatic carbocycles. The van der Waals surface area contributed by atoms with E-state index >= 15 is 0 Å². The van der Waals surface area contributed by atoms with E-state index in [1.54, 1.807) is 24.3 Å². The number of nitrogens with zero attached hydrogens (tertiary/aromatic N) is 2. The number of halogens is 1. The highest BCUT2D eigenvalue weighted by atomic mass is 35.5. The van der Waals surface area contributed by atoms with E-state index in [1.165, 1.54) is 6.26 Å². The van der Waals surface area contributed by atoms with Gasteiger partial charge >= 0.3 is 0 Å². The Bertz CT molecular complexity index is 1250. The molecule has 2 aliphatic heterocycles. The molecular formula is C29H38ClN3O4S. The van der Waals surface area contributed by atoms with Crippen LogP contribution in [0.15, 0.2) is 53.4 Å². The molecule has 1 N–H and O–H groups in total. The van der Waals surface area contributed by atoms with Gasteiger partial charge in [-0.2, -0.15) is 0 Å². The van der Waals surface area contributed by atoms with E-state index < -0.39 is 9.84 Å². The van der Waals surface area contributed by atoms with Crippen molar-refractivity contribution in [2.45, 2.75) is 57.0 Å². The predicted octanol–water partition coefficient (Wildman–Crippen LogP) is 4.46. The third-order valence-corrected chi connectivity index (χ3v) is 9.47. The third kappa shape index (κ3) is 6.58. The third-order valence-electron chi connectivity index (χ3n) is 7.99. The Morgan fingerprint density at radius 2 is 1.66 bits per heavy atom. The lowest BCUT2D eigenvalue weighted by molar-refractivity contribution is -0.139. The summed E-state index contributed by atoms with van der Waals surface area (Å²) in [6.45, 7) is 7.50. The molecule has 0 saturated carbocycles. The molecule has 2 heterocycles. The molecule has 0 aromatic heterocycles. The molecule has 7 nitrogen and oxygen atoms in total. The van der Waals surface area contributed by atoms with Gasteiger partial charge in [-0.1, -0.05) is 55.8 Å². The minimum Gasteiger partial charge on any atom is -0.349 e. The monoisotopic (exact) mass is 559 g/mol. The maximum absolute atomic E-state index is 13.4. The van der Waals surface area contributed by atoms with Crippen molar-refractivity contribution in [2.24, 2.45) is 11.3 Å². The van der Waals surface area contributed by atoms with Gasteiger partial charge in [0.05, 0.1) is 16.4 Å². The second-order valence-electron chi connectivity index (χ2n) is 11.0. The molecule has 0 bridgehead atoms. The molecule has 2 fully saturated rings. The molecule has 2 saturated heterocycles. The number of sulfone groups is 1. The first-order chi connectivity index (χ1) is 18.0. The maximum atomic E-state index is 13.4. The summed E-state index contributed by atoms with van der Waals surface area (Å²) in [7, 11) is -3.24. The van der Waals surface area contributed by atoms with Crippen LogP contribution in [0.3, 0.4) is 0 Å². The number of hydrogen-bond donors (Lipinski definition) is 1. The molecule has 38 heavy (non-hydrogen) atoms. The van der Waals surface area contributed by atoms with Crippen molar-refractivity contribution in [1.29, 1.82) is 0 Å². The summed E-state index contributed by atoms with van der Waals surface area (Å²) in [5.74, 6) is 0.112. The lowest BCUT2D eigenvalue weighted by Gasteiger charge is -2.38. The fourth-order valence-corrected chi connectivity index (χ4v) is 6.39. The number of hydrogen-bond acceptors (Lipinski definition) is 5. The SMILES string of the molecule is CC(C)C(=O)NC(CCN1CCC2(CC1)CCN(Cc1ccc(S(C)(=O)=O)cc1)C2=O)c1ccccc1Cl. The molecule has 1 unspecified atom stereocenters. The van der Waals surface area contributed by atoms with Crippen LogP contribution < -0.4 is 5.32 Å². The summed E-state index contributed by atoms with van der Waals surface area (Å²) in [4.78, 5) is 30.5. The van der Waals surface area contributed by atoms with Crippen molar-refractivity contribution in [3.8, 4) is 0 Å². The average Bonchev–Trinajstić information content (AvgIpc) is 3.17. The smallest absolute Gasteiger partial charge is 0.229 e. The summed E-state index contributed by atoms with van der Waals surface area (Å²) in [5, 5.41) is 3.82.